The minimum absolute atomic E-state index is 0.0356. The van der Waals surface area contributed by atoms with E-state index in [1.807, 2.05) is 38.1 Å². The summed E-state index contributed by atoms with van der Waals surface area (Å²) in [6.07, 6.45) is 1.83. The molecule has 0 bridgehead atoms. The molecule has 0 saturated carbocycles. The number of benzene rings is 2. The molecule has 3 rings (SSSR count). The third kappa shape index (κ3) is 6.40. The Morgan fingerprint density at radius 3 is 2.48 bits per heavy atom. The number of nitrogens with one attached hydrogen (secondary N) is 2. The van der Waals surface area contributed by atoms with Crippen molar-refractivity contribution in [2.24, 2.45) is 0 Å². The predicted octanol–water partition coefficient (Wildman–Crippen LogP) is 4.11. The van der Waals surface area contributed by atoms with Crippen LogP contribution in [0.5, 0.6) is 0 Å². The van der Waals surface area contributed by atoms with Crippen LogP contribution in [0.4, 0.5) is 0 Å². The molecule has 1 aromatic heterocycles. The molecule has 2 N–H and O–H groups in total. The van der Waals surface area contributed by atoms with Crippen molar-refractivity contribution in [2.45, 2.75) is 39.8 Å². The SMILES string of the molecule is Cc1ccc(C)c(C(=O)CCC(=O)NCc2cccc(C(=O)NCc3ccco3)c2)c1. The van der Waals surface area contributed by atoms with Crippen molar-refractivity contribution in [3.63, 3.8) is 0 Å². The number of furan rings is 1. The molecular formula is C25H26N2O4. The lowest BCUT2D eigenvalue weighted by Crippen LogP contribution is -2.24. The number of amides is 2. The molecule has 0 unspecified atom stereocenters. The van der Waals surface area contributed by atoms with Gasteiger partial charge in [0.2, 0.25) is 5.91 Å². The van der Waals surface area contributed by atoms with Crippen molar-refractivity contribution < 1.29 is 18.8 Å². The highest BCUT2D eigenvalue weighted by molar-refractivity contribution is 5.99. The van der Waals surface area contributed by atoms with Crippen LogP contribution in [0.25, 0.3) is 0 Å². The van der Waals surface area contributed by atoms with Crippen molar-refractivity contribution in [1.82, 2.24) is 10.6 Å². The van der Waals surface area contributed by atoms with E-state index in [9.17, 15) is 14.4 Å². The molecule has 31 heavy (non-hydrogen) atoms. The van der Waals surface area contributed by atoms with Gasteiger partial charge in [0, 0.05) is 30.5 Å². The van der Waals surface area contributed by atoms with Gasteiger partial charge in [0.15, 0.2) is 5.78 Å². The van der Waals surface area contributed by atoms with Crippen molar-refractivity contribution in [3.05, 3.63) is 94.4 Å². The molecule has 0 aliphatic heterocycles. The second-order valence-electron chi connectivity index (χ2n) is 7.48. The van der Waals surface area contributed by atoms with Gasteiger partial charge in [-0.25, -0.2) is 0 Å². The molecule has 0 aliphatic rings. The fraction of sp³-hybridized carbons (Fsp3) is 0.240. The molecule has 2 aromatic carbocycles. The fourth-order valence-corrected chi connectivity index (χ4v) is 3.19. The van der Waals surface area contributed by atoms with Crippen LogP contribution in [-0.4, -0.2) is 17.6 Å². The molecule has 2 amide bonds. The van der Waals surface area contributed by atoms with Gasteiger partial charge in [0.1, 0.15) is 5.76 Å². The summed E-state index contributed by atoms with van der Waals surface area (Å²) in [7, 11) is 0. The standard InChI is InChI=1S/C25H26N2O4/c1-17-8-9-18(2)22(13-17)23(28)10-11-24(29)26-15-19-5-3-6-20(14-19)25(30)27-16-21-7-4-12-31-21/h3-9,12-14H,10-11,15-16H2,1-2H3,(H,26,29)(H,27,30). The third-order valence-electron chi connectivity index (χ3n) is 4.95. The quantitative estimate of drug-likeness (QED) is 0.512. The number of rotatable bonds is 9. The Kier molecular flexibility index (Phi) is 7.38. The highest BCUT2D eigenvalue weighted by Gasteiger charge is 2.12. The van der Waals surface area contributed by atoms with E-state index in [1.165, 1.54) is 0 Å². The minimum atomic E-state index is -0.219. The molecule has 6 heteroatoms. The lowest BCUT2D eigenvalue weighted by molar-refractivity contribution is -0.121. The van der Waals surface area contributed by atoms with E-state index in [0.29, 0.717) is 23.4 Å². The second-order valence-corrected chi connectivity index (χ2v) is 7.48. The van der Waals surface area contributed by atoms with E-state index in [0.717, 1.165) is 16.7 Å². The van der Waals surface area contributed by atoms with Gasteiger partial charge >= 0.3 is 0 Å². The van der Waals surface area contributed by atoms with Crippen LogP contribution in [0.15, 0.2) is 65.3 Å². The summed E-state index contributed by atoms with van der Waals surface area (Å²) in [6.45, 7) is 4.43. The maximum absolute atomic E-state index is 12.4. The highest BCUT2D eigenvalue weighted by atomic mass is 16.3. The molecule has 0 saturated heterocycles. The van der Waals surface area contributed by atoms with Crippen LogP contribution >= 0.6 is 0 Å². The summed E-state index contributed by atoms with van der Waals surface area (Å²) >= 11 is 0. The summed E-state index contributed by atoms with van der Waals surface area (Å²) < 4.78 is 5.20. The van der Waals surface area contributed by atoms with Crippen LogP contribution in [0, 0.1) is 13.8 Å². The Bertz CT molecular complexity index is 1070. The Labute approximate surface area is 181 Å². The van der Waals surface area contributed by atoms with Crippen LogP contribution in [0.2, 0.25) is 0 Å². The topological polar surface area (TPSA) is 88.4 Å². The lowest BCUT2D eigenvalue weighted by atomic mass is 9.99. The second kappa shape index (κ2) is 10.4. The van der Waals surface area contributed by atoms with Gasteiger partial charge in [-0.2, -0.15) is 0 Å². The van der Waals surface area contributed by atoms with Gasteiger partial charge in [-0.15, -0.1) is 0 Å². The Balaban J connectivity index is 1.47. The lowest BCUT2D eigenvalue weighted by Gasteiger charge is -2.09. The van der Waals surface area contributed by atoms with Crippen LogP contribution in [0.1, 0.15) is 56.0 Å². The van der Waals surface area contributed by atoms with E-state index >= 15 is 0 Å². The van der Waals surface area contributed by atoms with Gasteiger partial charge in [0.25, 0.3) is 5.91 Å². The van der Waals surface area contributed by atoms with E-state index in [2.05, 4.69) is 10.6 Å². The van der Waals surface area contributed by atoms with E-state index < -0.39 is 0 Å². The normalized spacial score (nSPS) is 10.5. The van der Waals surface area contributed by atoms with Gasteiger partial charge in [-0.3, -0.25) is 14.4 Å². The number of carbonyl (C=O) groups is 3. The third-order valence-corrected chi connectivity index (χ3v) is 4.95. The Hall–Kier alpha value is -3.67. The van der Waals surface area contributed by atoms with Crippen molar-refractivity contribution in [1.29, 1.82) is 0 Å². The molecule has 0 spiro atoms. The number of hydrogen-bond donors (Lipinski definition) is 2. The molecule has 6 nitrogen and oxygen atoms in total. The van der Waals surface area contributed by atoms with E-state index in [4.69, 9.17) is 4.42 Å². The molecule has 1 heterocycles. The maximum Gasteiger partial charge on any atom is 0.251 e. The summed E-state index contributed by atoms with van der Waals surface area (Å²) in [5, 5.41) is 5.61. The molecule has 3 aromatic rings. The first-order valence-corrected chi connectivity index (χ1v) is 10.2. The van der Waals surface area contributed by atoms with Gasteiger partial charge < -0.3 is 15.1 Å². The molecule has 160 valence electrons. The molecule has 0 aliphatic carbocycles. The summed E-state index contributed by atoms with van der Waals surface area (Å²) in [6, 6.07) is 16.4. The summed E-state index contributed by atoms with van der Waals surface area (Å²) in [5.41, 5.74) is 3.91. The first-order chi connectivity index (χ1) is 14.9. The number of ketones is 1. The summed E-state index contributed by atoms with van der Waals surface area (Å²) in [5.74, 6) is 0.216. The fourth-order valence-electron chi connectivity index (χ4n) is 3.19. The molecule has 0 fully saturated rings. The zero-order valence-electron chi connectivity index (χ0n) is 17.7. The Morgan fingerprint density at radius 2 is 1.71 bits per heavy atom. The zero-order valence-corrected chi connectivity index (χ0v) is 17.7. The number of aryl methyl sites for hydroxylation is 2. The van der Waals surface area contributed by atoms with Crippen molar-refractivity contribution >= 4 is 17.6 Å². The predicted molar refractivity (Wildman–Crippen MR) is 118 cm³/mol. The van der Waals surface area contributed by atoms with Crippen LogP contribution in [0.3, 0.4) is 0 Å². The highest BCUT2D eigenvalue weighted by Crippen LogP contribution is 2.14. The molecule has 0 radical (unpaired) electrons. The first kappa shape index (κ1) is 22.0. The van der Waals surface area contributed by atoms with Crippen molar-refractivity contribution in [3.8, 4) is 0 Å². The maximum atomic E-state index is 12.4. The molecular weight excluding hydrogens is 392 g/mol. The van der Waals surface area contributed by atoms with Crippen molar-refractivity contribution in [2.75, 3.05) is 0 Å². The average molecular weight is 418 g/mol. The number of carbonyl (C=O) groups excluding carboxylic acids is 3. The van der Waals surface area contributed by atoms with E-state index in [1.54, 1.807) is 36.6 Å². The van der Waals surface area contributed by atoms with Gasteiger partial charge in [0.05, 0.1) is 12.8 Å². The Morgan fingerprint density at radius 1 is 0.871 bits per heavy atom. The first-order valence-electron chi connectivity index (χ1n) is 10.2. The van der Waals surface area contributed by atoms with Gasteiger partial charge in [-0.05, 0) is 55.3 Å². The number of Topliss-reactive ketones (excluding diaryl/α,β-unsaturated/α-hetero) is 1. The minimum Gasteiger partial charge on any atom is -0.467 e. The number of hydrogen-bond acceptors (Lipinski definition) is 4. The largest absolute Gasteiger partial charge is 0.467 e. The van der Waals surface area contributed by atoms with Gasteiger partial charge in [-0.1, -0.05) is 29.8 Å². The van der Waals surface area contributed by atoms with Crippen LogP contribution in [-0.2, 0) is 17.9 Å². The monoisotopic (exact) mass is 418 g/mol. The average Bonchev–Trinajstić information content (AvgIpc) is 3.30. The van der Waals surface area contributed by atoms with Crippen LogP contribution < -0.4 is 10.6 Å². The molecule has 0 atom stereocenters. The summed E-state index contributed by atoms with van der Waals surface area (Å²) in [4.78, 5) is 37.0. The van der Waals surface area contributed by atoms with E-state index in [-0.39, 0.29) is 37.0 Å². The zero-order chi connectivity index (χ0) is 22.2. The smallest absolute Gasteiger partial charge is 0.251 e.